The number of aryl methyl sites for hydroxylation is 1. The van der Waals surface area contributed by atoms with Gasteiger partial charge in [-0.3, -0.25) is 9.10 Å². The second kappa shape index (κ2) is 7.68. The lowest BCUT2D eigenvalue weighted by molar-refractivity contribution is 0.102. The van der Waals surface area contributed by atoms with Crippen LogP contribution < -0.4 is 9.62 Å². The van der Waals surface area contributed by atoms with Gasteiger partial charge in [0.05, 0.1) is 22.0 Å². The van der Waals surface area contributed by atoms with Crippen molar-refractivity contribution in [3.8, 4) is 0 Å². The average Bonchev–Trinajstić information content (AvgIpc) is 2.61. The molecule has 3 rings (SSSR count). The molecule has 1 amide bonds. The zero-order chi connectivity index (χ0) is 18.7. The predicted molar refractivity (Wildman–Crippen MR) is 106 cm³/mol. The molecule has 138 valence electrons. The number of amides is 1. The molecule has 1 aliphatic rings. The summed E-state index contributed by atoms with van der Waals surface area (Å²) >= 11 is 6.27. The van der Waals surface area contributed by atoms with Crippen LogP contribution in [0.3, 0.4) is 0 Å². The van der Waals surface area contributed by atoms with E-state index in [1.54, 1.807) is 18.2 Å². The Morgan fingerprint density at radius 1 is 1.15 bits per heavy atom. The molecule has 1 aliphatic heterocycles. The normalized spacial score (nSPS) is 16.3. The first kappa shape index (κ1) is 18.7. The van der Waals surface area contributed by atoms with Crippen LogP contribution in [-0.4, -0.2) is 26.6 Å². The quantitative estimate of drug-likeness (QED) is 0.852. The van der Waals surface area contributed by atoms with Crippen LogP contribution in [0.2, 0.25) is 5.02 Å². The van der Waals surface area contributed by atoms with Crippen molar-refractivity contribution in [3.05, 3.63) is 58.6 Å². The van der Waals surface area contributed by atoms with Gasteiger partial charge in [-0.15, -0.1) is 0 Å². The Balaban J connectivity index is 1.79. The maximum Gasteiger partial charge on any atom is 0.257 e. The summed E-state index contributed by atoms with van der Waals surface area (Å²) in [4.78, 5) is 12.5. The van der Waals surface area contributed by atoms with Gasteiger partial charge in [-0.25, -0.2) is 8.42 Å². The minimum absolute atomic E-state index is 0.139. The van der Waals surface area contributed by atoms with Crippen LogP contribution in [0, 0.1) is 0 Å². The predicted octanol–water partition coefficient (Wildman–Crippen LogP) is 4.08. The fourth-order valence-corrected chi connectivity index (χ4v) is 4.84. The summed E-state index contributed by atoms with van der Waals surface area (Å²) in [6.45, 7) is 2.51. The van der Waals surface area contributed by atoms with Crippen molar-refractivity contribution in [3.63, 3.8) is 0 Å². The second-order valence-corrected chi connectivity index (χ2v) is 8.68. The number of carbonyl (C=O) groups is 1. The molecular formula is C19H21ClN2O3S. The van der Waals surface area contributed by atoms with Crippen molar-refractivity contribution in [2.24, 2.45) is 0 Å². The van der Waals surface area contributed by atoms with Crippen LogP contribution in [0.4, 0.5) is 11.4 Å². The van der Waals surface area contributed by atoms with Gasteiger partial charge < -0.3 is 5.32 Å². The minimum atomic E-state index is -3.31. The summed E-state index contributed by atoms with van der Waals surface area (Å²) in [6.07, 6.45) is 2.41. The lowest BCUT2D eigenvalue weighted by Crippen LogP contribution is -2.37. The number of hydrogen-bond acceptors (Lipinski definition) is 3. The third-order valence-corrected chi connectivity index (χ3v) is 6.64. The summed E-state index contributed by atoms with van der Waals surface area (Å²) in [5, 5.41) is 3.04. The lowest BCUT2D eigenvalue weighted by atomic mass is 10.1. The van der Waals surface area contributed by atoms with E-state index in [0.29, 0.717) is 29.9 Å². The van der Waals surface area contributed by atoms with E-state index in [4.69, 9.17) is 11.6 Å². The van der Waals surface area contributed by atoms with Crippen molar-refractivity contribution in [2.45, 2.75) is 26.2 Å². The molecule has 0 atom stereocenters. The highest BCUT2D eigenvalue weighted by Crippen LogP contribution is 2.28. The van der Waals surface area contributed by atoms with E-state index in [1.807, 2.05) is 24.3 Å². The Bertz CT molecular complexity index is 911. The first-order valence-electron chi connectivity index (χ1n) is 8.61. The van der Waals surface area contributed by atoms with Gasteiger partial charge in [0.1, 0.15) is 0 Å². The lowest BCUT2D eigenvalue weighted by Gasteiger charge is -2.28. The van der Waals surface area contributed by atoms with Gasteiger partial charge >= 0.3 is 0 Å². The Labute approximate surface area is 159 Å². The number of nitrogens with zero attached hydrogens (tertiary/aromatic N) is 1. The molecule has 0 bridgehead atoms. The molecule has 5 nitrogen and oxygen atoms in total. The smallest absolute Gasteiger partial charge is 0.257 e. The first-order valence-corrected chi connectivity index (χ1v) is 10.6. The molecule has 2 aromatic carbocycles. The highest BCUT2D eigenvalue weighted by Gasteiger charge is 2.26. The number of benzene rings is 2. The molecule has 1 saturated heterocycles. The van der Waals surface area contributed by atoms with Crippen molar-refractivity contribution >= 4 is 38.9 Å². The molecule has 2 aromatic rings. The number of nitrogens with one attached hydrogen (secondary N) is 1. The van der Waals surface area contributed by atoms with Crippen LogP contribution in [0.1, 0.15) is 35.7 Å². The number of carbonyl (C=O) groups excluding carboxylic acids is 1. The van der Waals surface area contributed by atoms with E-state index >= 15 is 0 Å². The van der Waals surface area contributed by atoms with E-state index in [2.05, 4.69) is 12.2 Å². The monoisotopic (exact) mass is 392 g/mol. The SMILES string of the molecule is CCc1ccc(NC(=O)c2ccc(N3CCCCS3(=O)=O)cc2Cl)cc1. The summed E-state index contributed by atoms with van der Waals surface area (Å²) in [7, 11) is -3.31. The van der Waals surface area contributed by atoms with Crippen LogP contribution in [-0.2, 0) is 16.4 Å². The summed E-state index contributed by atoms with van der Waals surface area (Å²) in [5.41, 5.74) is 2.68. The van der Waals surface area contributed by atoms with Crippen LogP contribution in [0.15, 0.2) is 42.5 Å². The molecule has 0 saturated carbocycles. The standard InChI is InChI=1S/C19H21ClN2O3S/c1-2-14-5-7-15(8-6-14)21-19(23)17-10-9-16(13-18(17)20)22-11-3-4-12-26(22,24)25/h5-10,13H,2-4,11-12H2,1H3,(H,21,23). The molecule has 0 aliphatic carbocycles. The van der Waals surface area contributed by atoms with Crippen molar-refractivity contribution < 1.29 is 13.2 Å². The molecule has 1 N–H and O–H groups in total. The number of rotatable bonds is 4. The topological polar surface area (TPSA) is 66.5 Å². The van der Waals surface area contributed by atoms with Crippen molar-refractivity contribution in [2.75, 3.05) is 21.9 Å². The van der Waals surface area contributed by atoms with E-state index in [1.165, 1.54) is 9.87 Å². The number of hydrogen-bond donors (Lipinski definition) is 1. The van der Waals surface area contributed by atoms with Gasteiger partial charge in [0, 0.05) is 12.2 Å². The van der Waals surface area contributed by atoms with Crippen LogP contribution in [0.25, 0.3) is 0 Å². The van der Waals surface area contributed by atoms with Gasteiger partial charge in [0.15, 0.2) is 0 Å². The van der Waals surface area contributed by atoms with Crippen molar-refractivity contribution in [1.82, 2.24) is 0 Å². The third-order valence-electron chi connectivity index (χ3n) is 4.45. The minimum Gasteiger partial charge on any atom is -0.322 e. The molecule has 0 aromatic heterocycles. The van der Waals surface area contributed by atoms with Gasteiger partial charge in [-0.2, -0.15) is 0 Å². The van der Waals surface area contributed by atoms with E-state index in [0.717, 1.165) is 12.8 Å². The molecule has 0 spiro atoms. The molecule has 1 heterocycles. The van der Waals surface area contributed by atoms with Crippen molar-refractivity contribution in [1.29, 1.82) is 0 Å². The fourth-order valence-electron chi connectivity index (χ4n) is 2.94. The Morgan fingerprint density at radius 2 is 1.88 bits per heavy atom. The van der Waals surface area contributed by atoms with Gasteiger partial charge in [-0.1, -0.05) is 30.7 Å². The van der Waals surface area contributed by atoms with Gasteiger partial charge in [-0.05, 0) is 55.2 Å². The number of anilines is 2. The molecule has 0 unspecified atom stereocenters. The van der Waals surface area contributed by atoms with Gasteiger partial charge in [0.25, 0.3) is 5.91 Å². The summed E-state index contributed by atoms with van der Waals surface area (Å²) in [6, 6.07) is 12.3. The molecule has 7 heteroatoms. The highest BCUT2D eigenvalue weighted by molar-refractivity contribution is 7.92. The maximum absolute atomic E-state index is 12.5. The molecule has 26 heavy (non-hydrogen) atoms. The highest BCUT2D eigenvalue weighted by atomic mass is 35.5. The van der Waals surface area contributed by atoms with E-state index < -0.39 is 10.0 Å². The van der Waals surface area contributed by atoms with Crippen LogP contribution >= 0.6 is 11.6 Å². The first-order chi connectivity index (χ1) is 12.4. The Kier molecular flexibility index (Phi) is 5.53. The molecule has 1 fully saturated rings. The largest absolute Gasteiger partial charge is 0.322 e. The third kappa shape index (κ3) is 4.02. The number of sulfonamides is 1. The summed E-state index contributed by atoms with van der Waals surface area (Å²) in [5.74, 6) is -0.187. The maximum atomic E-state index is 12.5. The molecular weight excluding hydrogens is 372 g/mol. The Morgan fingerprint density at radius 3 is 2.50 bits per heavy atom. The zero-order valence-corrected chi connectivity index (χ0v) is 16.1. The summed E-state index contributed by atoms with van der Waals surface area (Å²) < 4.78 is 25.8. The number of halogens is 1. The van der Waals surface area contributed by atoms with E-state index in [9.17, 15) is 13.2 Å². The second-order valence-electron chi connectivity index (χ2n) is 6.26. The van der Waals surface area contributed by atoms with E-state index in [-0.39, 0.29) is 16.7 Å². The average molecular weight is 393 g/mol. The Hall–Kier alpha value is -2.05. The zero-order valence-electron chi connectivity index (χ0n) is 14.5. The van der Waals surface area contributed by atoms with Gasteiger partial charge in [0.2, 0.25) is 10.0 Å². The molecule has 0 radical (unpaired) electrons. The fraction of sp³-hybridized carbons (Fsp3) is 0.316. The van der Waals surface area contributed by atoms with Crippen LogP contribution in [0.5, 0.6) is 0 Å².